The van der Waals surface area contributed by atoms with Crippen molar-refractivity contribution in [2.45, 2.75) is 43.7 Å². The average molecular weight is 567 g/mol. The number of carboxylic acids is 3. The first-order valence-electron chi connectivity index (χ1n) is 12.9. The molecule has 0 amide bonds. The van der Waals surface area contributed by atoms with Crippen LogP contribution in [0.4, 0.5) is 0 Å². The molecule has 16 heteroatoms. The molecule has 0 spiro atoms. The molecule has 39 heavy (non-hydrogen) atoms. The fourth-order valence-corrected chi connectivity index (χ4v) is 4.62. The normalized spacial score (nSPS) is 30.2. The first-order valence-corrected chi connectivity index (χ1v) is 12.9. The zero-order valence-electron chi connectivity index (χ0n) is 22.1. The number of carbonyl (C=O) groups is 3. The van der Waals surface area contributed by atoms with Crippen molar-refractivity contribution in [3.8, 4) is 0 Å². The highest BCUT2D eigenvalue weighted by atomic mass is 16.7. The quantitative estimate of drug-likeness (QED) is 0.125. The second-order valence-corrected chi connectivity index (χ2v) is 9.95. The van der Waals surface area contributed by atoms with Gasteiger partial charge in [0.25, 0.3) is 0 Å². The Bertz CT molecular complexity index is 758. The Morgan fingerprint density at radius 1 is 0.718 bits per heavy atom. The molecule has 2 aliphatic rings. The van der Waals surface area contributed by atoms with Gasteiger partial charge in [0.1, 0.15) is 24.4 Å². The van der Waals surface area contributed by atoms with Gasteiger partial charge in [-0.1, -0.05) is 0 Å². The predicted molar refractivity (Wildman–Crippen MR) is 133 cm³/mol. The van der Waals surface area contributed by atoms with Gasteiger partial charge in [0.05, 0.1) is 32.3 Å². The highest BCUT2D eigenvalue weighted by Crippen LogP contribution is 2.23. The zero-order chi connectivity index (χ0) is 29.1. The Balaban J connectivity index is 2.11. The summed E-state index contributed by atoms with van der Waals surface area (Å²) in [6.45, 7) is 3.26. The minimum absolute atomic E-state index is 0.239. The van der Waals surface area contributed by atoms with Gasteiger partial charge in [-0.3, -0.25) is 34.0 Å². The smallest absolute Gasteiger partial charge is 0.317 e. The molecular weight excluding hydrogens is 524 g/mol. The Kier molecular flexibility index (Phi) is 13.9. The first kappa shape index (κ1) is 33.2. The second kappa shape index (κ2) is 16.3. The summed E-state index contributed by atoms with van der Waals surface area (Å²) in [4.78, 5) is 41.1. The summed E-state index contributed by atoms with van der Waals surface area (Å²) in [5.74, 6) is -3.08. The van der Waals surface area contributed by atoms with E-state index < -0.39 is 61.3 Å². The van der Waals surface area contributed by atoms with Gasteiger partial charge in [0.2, 0.25) is 0 Å². The van der Waals surface area contributed by atoms with Crippen LogP contribution in [-0.4, -0.2) is 195 Å². The number of hydrogen-bond acceptors (Lipinski definition) is 13. The molecule has 2 rings (SSSR count). The van der Waals surface area contributed by atoms with Crippen LogP contribution in [0.15, 0.2) is 0 Å². The molecule has 2 fully saturated rings. The van der Waals surface area contributed by atoms with Gasteiger partial charge in [0.15, 0.2) is 6.29 Å². The van der Waals surface area contributed by atoms with Crippen LogP contribution in [0.3, 0.4) is 0 Å². The maximum absolute atomic E-state index is 11.4. The number of carboxylic acid groups (broad SMARTS) is 3. The van der Waals surface area contributed by atoms with Crippen LogP contribution in [-0.2, 0) is 23.9 Å². The summed E-state index contributed by atoms with van der Waals surface area (Å²) in [5, 5.41) is 67.6. The van der Waals surface area contributed by atoms with Crippen molar-refractivity contribution in [1.82, 2.24) is 19.6 Å². The molecule has 0 bridgehead atoms. The van der Waals surface area contributed by atoms with Crippen LogP contribution >= 0.6 is 0 Å². The molecule has 226 valence electrons. The van der Waals surface area contributed by atoms with Crippen LogP contribution < -0.4 is 0 Å². The number of hydrogen-bond donors (Lipinski definition) is 7. The lowest BCUT2D eigenvalue weighted by Crippen LogP contribution is -2.60. The lowest BCUT2D eigenvalue weighted by atomic mass is 9.99. The van der Waals surface area contributed by atoms with Gasteiger partial charge in [-0.15, -0.1) is 0 Å². The van der Waals surface area contributed by atoms with Crippen molar-refractivity contribution in [1.29, 1.82) is 0 Å². The van der Waals surface area contributed by atoms with Gasteiger partial charge < -0.3 is 45.2 Å². The standard InChI is InChI=1S/C23H42N4O12/c1-15(38-23-22(37)21(36)20(35)16(14-28)39-23)10-24-2-4-25(11-17(29)30)6-8-27(13-19(33)34)9-7-26(5-3-24)12-18(31)32/h15-16,20-23,28,35-37H,2-14H2,1H3,(H,29,30)(H,31,32)(H,33,34)/t15?,16-,20+,21+,22-,23-/m1/s1. The van der Waals surface area contributed by atoms with E-state index >= 15 is 0 Å². The Hall–Kier alpha value is -1.99. The van der Waals surface area contributed by atoms with E-state index in [0.29, 0.717) is 39.3 Å². The Labute approximate surface area is 226 Å². The summed E-state index contributed by atoms with van der Waals surface area (Å²) < 4.78 is 11.2. The molecule has 0 aromatic heterocycles. The maximum Gasteiger partial charge on any atom is 0.317 e. The monoisotopic (exact) mass is 566 g/mol. The van der Waals surface area contributed by atoms with Crippen molar-refractivity contribution < 1.29 is 59.6 Å². The van der Waals surface area contributed by atoms with Crippen molar-refractivity contribution in [3.05, 3.63) is 0 Å². The lowest BCUT2D eigenvalue weighted by Gasteiger charge is -2.41. The van der Waals surface area contributed by atoms with Crippen LogP contribution in [0.5, 0.6) is 0 Å². The topological polar surface area (TPSA) is 224 Å². The molecule has 0 aromatic carbocycles. The van der Waals surface area contributed by atoms with Crippen molar-refractivity contribution in [3.63, 3.8) is 0 Å². The maximum atomic E-state index is 11.4. The zero-order valence-corrected chi connectivity index (χ0v) is 22.1. The van der Waals surface area contributed by atoms with E-state index in [2.05, 4.69) is 0 Å². The van der Waals surface area contributed by atoms with Gasteiger partial charge in [0, 0.05) is 58.9 Å². The number of aliphatic hydroxyl groups is 4. The molecule has 0 saturated carbocycles. The molecular formula is C23H42N4O12. The molecule has 16 nitrogen and oxygen atoms in total. The number of ether oxygens (including phenoxy) is 2. The fraction of sp³-hybridized carbons (Fsp3) is 0.870. The van der Waals surface area contributed by atoms with E-state index in [1.165, 1.54) is 0 Å². The summed E-state index contributed by atoms with van der Waals surface area (Å²) >= 11 is 0. The van der Waals surface area contributed by atoms with E-state index in [0.717, 1.165) is 0 Å². The minimum atomic E-state index is -1.58. The van der Waals surface area contributed by atoms with E-state index in [1.807, 2.05) is 4.90 Å². The predicted octanol–water partition coefficient (Wildman–Crippen LogP) is -4.33. The molecule has 7 N–H and O–H groups in total. The van der Waals surface area contributed by atoms with Gasteiger partial charge in [-0.2, -0.15) is 0 Å². The van der Waals surface area contributed by atoms with E-state index in [4.69, 9.17) is 9.47 Å². The largest absolute Gasteiger partial charge is 0.480 e. The minimum Gasteiger partial charge on any atom is -0.480 e. The Morgan fingerprint density at radius 3 is 1.46 bits per heavy atom. The molecule has 2 aliphatic heterocycles. The fourth-order valence-electron chi connectivity index (χ4n) is 4.62. The van der Waals surface area contributed by atoms with Crippen LogP contribution in [0, 0.1) is 0 Å². The number of aliphatic hydroxyl groups excluding tert-OH is 4. The number of nitrogens with zero attached hydrogens (tertiary/aromatic N) is 4. The average Bonchev–Trinajstić information content (AvgIpc) is 2.85. The van der Waals surface area contributed by atoms with Gasteiger partial charge >= 0.3 is 17.9 Å². The molecule has 0 aliphatic carbocycles. The van der Waals surface area contributed by atoms with Crippen molar-refractivity contribution >= 4 is 17.9 Å². The third-order valence-electron chi connectivity index (χ3n) is 6.74. The molecule has 2 saturated heterocycles. The van der Waals surface area contributed by atoms with Crippen LogP contribution in [0.2, 0.25) is 0 Å². The summed E-state index contributed by atoms with van der Waals surface area (Å²) in [6, 6.07) is 0. The summed E-state index contributed by atoms with van der Waals surface area (Å²) in [6.07, 6.45) is -7.65. The van der Waals surface area contributed by atoms with Crippen molar-refractivity contribution in [2.75, 3.05) is 85.1 Å². The molecule has 0 aromatic rings. The van der Waals surface area contributed by atoms with Crippen LogP contribution in [0.1, 0.15) is 6.92 Å². The second-order valence-electron chi connectivity index (χ2n) is 9.95. The first-order chi connectivity index (χ1) is 18.4. The molecule has 2 heterocycles. The van der Waals surface area contributed by atoms with Gasteiger partial charge in [-0.25, -0.2) is 0 Å². The highest BCUT2D eigenvalue weighted by Gasteiger charge is 2.44. The Morgan fingerprint density at radius 2 is 1.10 bits per heavy atom. The molecule has 6 atom stereocenters. The SMILES string of the molecule is CC(CN1CCN(CC(=O)O)CCN(CC(=O)O)CCN(CC(=O)O)CC1)O[C@@H]1O[C@H](CO)[C@H](O)[C@H](O)[C@H]1O. The van der Waals surface area contributed by atoms with Crippen molar-refractivity contribution in [2.24, 2.45) is 0 Å². The van der Waals surface area contributed by atoms with E-state index in [1.54, 1.807) is 21.6 Å². The number of rotatable bonds is 11. The van der Waals surface area contributed by atoms with E-state index in [-0.39, 0.29) is 39.3 Å². The third-order valence-corrected chi connectivity index (χ3v) is 6.74. The summed E-state index contributed by atoms with van der Waals surface area (Å²) in [7, 11) is 0. The van der Waals surface area contributed by atoms with E-state index in [9.17, 15) is 50.1 Å². The summed E-state index contributed by atoms with van der Waals surface area (Å²) in [5.41, 5.74) is 0. The molecule has 0 radical (unpaired) electrons. The molecule has 1 unspecified atom stereocenters. The van der Waals surface area contributed by atoms with Crippen LogP contribution in [0.25, 0.3) is 0 Å². The lowest BCUT2D eigenvalue weighted by molar-refractivity contribution is -0.310. The van der Waals surface area contributed by atoms with Gasteiger partial charge in [-0.05, 0) is 6.92 Å². The number of aliphatic carboxylic acids is 3. The third kappa shape index (κ3) is 11.6. The highest BCUT2D eigenvalue weighted by molar-refractivity contribution is 5.69.